The number of nitrogens with zero attached hydrogens (tertiary/aromatic N) is 1. The Morgan fingerprint density at radius 2 is 1.40 bits per heavy atom. The van der Waals surface area contributed by atoms with Crippen molar-refractivity contribution in [2.75, 3.05) is 25.1 Å². The topological polar surface area (TPSA) is 84.9 Å². The molecule has 0 heterocycles. The van der Waals surface area contributed by atoms with Gasteiger partial charge in [0.05, 0.1) is 30.8 Å². The maximum atomic E-state index is 14.1. The summed E-state index contributed by atoms with van der Waals surface area (Å²) in [5.74, 6) is 0.233. The van der Waals surface area contributed by atoms with Crippen LogP contribution in [0.1, 0.15) is 33.9 Å². The summed E-state index contributed by atoms with van der Waals surface area (Å²) in [6, 6.07) is 26.9. The molecule has 1 atom stereocenters. The average Bonchev–Trinajstić information content (AvgIpc) is 2.94. The minimum absolute atomic E-state index is 0.0181. The summed E-state index contributed by atoms with van der Waals surface area (Å²) in [6.45, 7) is 5.35. The van der Waals surface area contributed by atoms with Gasteiger partial charge in [-0.15, -0.1) is 0 Å². The Labute approximate surface area is 236 Å². The van der Waals surface area contributed by atoms with E-state index in [4.69, 9.17) is 9.47 Å². The fraction of sp³-hybridized carbons (Fsp3) is 0.219. The molecule has 0 saturated heterocycles. The molecular formula is C32H34N2O5S. The van der Waals surface area contributed by atoms with Crippen LogP contribution in [0.2, 0.25) is 0 Å². The number of sulfonamides is 1. The third-order valence-corrected chi connectivity index (χ3v) is 8.31. The van der Waals surface area contributed by atoms with Gasteiger partial charge in [0.15, 0.2) is 11.5 Å². The summed E-state index contributed by atoms with van der Waals surface area (Å²) < 4.78 is 39.9. The molecule has 4 aromatic carbocycles. The number of hydrogen-bond acceptors (Lipinski definition) is 5. The molecule has 0 saturated carbocycles. The van der Waals surface area contributed by atoms with Crippen LogP contribution in [0, 0.1) is 20.8 Å². The first-order chi connectivity index (χ1) is 19.1. The predicted molar refractivity (Wildman–Crippen MR) is 158 cm³/mol. The third kappa shape index (κ3) is 6.46. The fourth-order valence-corrected chi connectivity index (χ4v) is 6.13. The number of hydrogen-bond donors (Lipinski definition) is 1. The lowest BCUT2D eigenvalue weighted by Crippen LogP contribution is -2.42. The number of carbonyl (C=O) groups excluding carboxylic acids is 1. The lowest BCUT2D eigenvalue weighted by Gasteiger charge is -2.27. The van der Waals surface area contributed by atoms with E-state index in [0.717, 1.165) is 32.1 Å². The Morgan fingerprint density at radius 1 is 0.750 bits per heavy atom. The zero-order valence-electron chi connectivity index (χ0n) is 23.3. The molecule has 1 N–H and O–H groups in total. The van der Waals surface area contributed by atoms with E-state index >= 15 is 0 Å². The van der Waals surface area contributed by atoms with Crippen LogP contribution in [-0.2, 0) is 14.8 Å². The standard InChI is InChI=1S/C32H34N2O5S/c1-22-10-9-13-26(17-22)32(25-11-7-6-8-12-25)33-31(35)21-34(27-18-23(2)16-24(3)19-27)40(36,37)28-14-15-29(38-4)30(20-28)39-5/h6-20,32H,21H2,1-5H3,(H,33,35). The lowest BCUT2D eigenvalue weighted by molar-refractivity contribution is -0.120. The Morgan fingerprint density at radius 3 is 2.02 bits per heavy atom. The molecule has 1 amide bonds. The van der Waals surface area contributed by atoms with Gasteiger partial charge in [-0.1, -0.05) is 66.2 Å². The van der Waals surface area contributed by atoms with Crippen molar-refractivity contribution in [3.63, 3.8) is 0 Å². The van der Waals surface area contributed by atoms with Gasteiger partial charge in [0.2, 0.25) is 5.91 Å². The highest BCUT2D eigenvalue weighted by molar-refractivity contribution is 7.92. The van der Waals surface area contributed by atoms with Crippen LogP contribution in [0.3, 0.4) is 0 Å². The first kappa shape index (κ1) is 28.7. The molecule has 7 nitrogen and oxygen atoms in total. The van der Waals surface area contributed by atoms with E-state index in [1.54, 1.807) is 12.1 Å². The summed E-state index contributed by atoms with van der Waals surface area (Å²) in [5, 5.41) is 3.08. The molecule has 208 valence electrons. The van der Waals surface area contributed by atoms with Gasteiger partial charge in [0.1, 0.15) is 6.54 Å². The van der Waals surface area contributed by atoms with Crippen LogP contribution in [0.5, 0.6) is 11.5 Å². The van der Waals surface area contributed by atoms with Gasteiger partial charge in [0, 0.05) is 6.07 Å². The number of methoxy groups -OCH3 is 2. The highest BCUT2D eigenvalue weighted by Crippen LogP contribution is 2.33. The fourth-order valence-electron chi connectivity index (χ4n) is 4.71. The summed E-state index contributed by atoms with van der Waals surface area (Å²) in [6.07, 6.45) is 0. The zero-order valence-corrected chi connectivity index (χ0v) is 24.2. The van der Waals surface area contributed by atoms with E-state index in [1.807, 2.05) is 81.4 Å². The van der Waals surface area contributed by atoms with Crippen molar-refractivity contribution in [2.45, 2.75) is 31.7 Å². The van der Waals surface area contributed by atoms with Crippen molar-refractivity contribution in [3.05, 3.63) is 119 Å². The van der Waals surface area contributed by atoms with Crippen molar-refractivity contribution >= 4 is 21.6 Å². The number of rotatable bonds is 10. The smallest absolute Gasteiger partial charge is 0.264 e. The van der Waals surface area contributed by atoms with E-state index in [0.29, 0.717) is 11.4 Å². The van der Waals surface area contributed by atoms with Crippen molar-refractivity contribution in [3.8, 4) is 11.5 Å². The first-order valence-corrected chi connectivity index (χ1v) is 14.3. The van der Waals surface area contributed by atoms with Gasteiger partial charge in [-0.2, -0.15) is 0 Å². The molecule has 4 rings (SSSR count). The van der Waals surface area contributed by atoms with Gasteiger partial charge in [-0.25, -0.2) is 8.42 Å². The number of benzene rings is 4. The van der Waals surface area contributed by atoms with Gasteiger partial charge >= 0.3 is 0 Å². The summed E-state index contributed by atoms with van der Waals surface area (Å²) in [7, 11) is -1.25. The summed E-state index contributed by atoms with van der Waals surface area (Å²) >= 11 is 0. The number of aryl methyl sites for hydroxylation is 3. The van der Waals surface area contributed by atoms with Crippen LogP contribution >= 0.6 is 0 Å². The molecule has 4 aromatic rings. The highest BCUT2D eigenvalue weighted by atomic mass is 32.2. The van der Waals surface area contributed by atoms with Gasteiger partial charge in [-0.3, -0.25) is 9.10 Å². The average molecular weight is 559 g/mol. The van der Waals surface area contributed by atoms with E-state index < -0.39 is 28.5 Å². The quantitative estimate of drug-likeness (QED) is 0.269. The summed E-state index contributed by atoms with van der Waals surface area (Å²) in [4.78, 5) is 13.7. The molecule has 0 aliphatic carbocycles. The normalized spacial score (nSPS) is 11.9. The number of nitrogens with one attached hydrogen (secondary N) is 1. The summed E-state index contributed by atoms with van der Waals surface area (Å²) in [5.41, 5.74) is 5.01. The van der Waals surface area contributed by atoms with Crippen molar-refractivity contribution < 1.29 is 22.7 Å². The Kier molecular flexibility index (Phi) is 8.80. The molecule has 0 aliphatic rings. The molecule has 0 fully saturated rings. The second kappa shape index (κ2) is 12.3. The molecule has 8 heteroatoms. The molecule has 40 heavy (non-hydrogen) atoms. The van der Waals surface area contributed by atoms with Crippen LogP contribution in [0.4, 0.5) is 5.69 Å². The van der Waals surface area contributed by atoms with Crippen LogP contribution in [0.15, 0.2) is 95.9 Å². The van der Waals surface area contributed by atoms with Crippen LogP contribution < -0.4 is 19.1 Å². The molecule has 0 bridgehead atoms. The van der Waals surface area contributed by atoms with Gasteiger partial charge in [-0.05, 0) is 67.3 Å². The second-order valence-electron chi connectivity index (χ2n) is 9.70. The van der Waals surface area contributed by atoms with E-state index in [1.165, 1.54) is 32.4 Å². The molecule has 0 spiro atoms. The van der Waals surface area contributed by atoms with Crippen LogP contribution in [-0.4, -0.2) is 35.1 Å². The Hall–Kier alpha value is -4.30. The van der Waals surface area contributed by atoms with Gasteiger partial charge < -0.3 is 14.8 Å². The monoisotopic (exact) mass is 558 g/mol. The van der Waals surface area contributed by atoms with E-state index in [9.17, 15) is 13.2 Å². The van der Waals surface area contributed by atoms with Crippen molar-refractivity contribution in [2.24, 2.45) is 0 Å². The first-order valence-electron chi connectivity index (χ1n) is 12.9. The zero-order chi connectivity index (χ0) is 28.9. The Balaban J connectivity index is 1.75. The van der Waals surface area contributed by atoms with Crippen molar-refractivity contribution in [1.82, 2.24) is 5.32 Å². The number of amides is 1. The predicted octanol–water partition coefficient (Wildman–Crippen LogP) is 5.73. The number of anilines is 1. The molecular weight excluding hydrogens is 524 g/mol. The Bertz CT molecular complexity index is 1580. The minimum atomic E-state index is -4.18. The SMILES string of the molecule is COc1ccc(S(=O)(=O)N(CC(=O)NC(c2ccccc2)c2cccc(C)c2)c2cc(C)cc(C)c2)cc1OC. The minimum Gasteiger partial charge on any atom is -0.493 e. The highest BCUT2D eigenvalue weighted by Gasteiger charge is 2.30. The largest absolute Gasteiger partial charge is 0.493 e. The molecule has 1 unspecified atom stereocenters. The van der Waals surface area contributed by atoms with E-state index in [-0.39, 0.29) is 10.6 Å². The maximum Gasteiger partial charge on any atom is 0.264 e. The van der Waals surface area contributed by atoms with Crippen LogP contribution in [0.25, 0.3) is 0 Å². The lowest BCUT2D eigenvalue weighted by atomic mass is 9.97. The molecule has 0 aliphatic heterocycles. The molecule has 0 radical (unpaired) electrons. The molecule has 0 aromatic heterocycles. The van der Waals surface area contributed by atoms with Gasteiger partial charge in [0.25, 0.3) is 10.0 Å². The second-order valence-corrected chi connectivity index (χ2v) is 11.6. The third-order valence-electron chi connectivity index (χ3n) is 6.54. The van der Waals surface area contributed by atoms with E-state index in [2.05, 4.69) is 5.32 Å². The number of carbonyl (C=O) groups is 1. The van der Waals surface area contributed by atoms with Crippen molar-refractivity contribution in [1.29, 1.82) is 0 Å². The maximum absolute atomic E-state index is 14.1. The number of ether oxygens (including phenoxy) is 2.